The highest BCUT2D eigenvalue weighted by Gasteiger charge is 2.30. The van der Waals surface area contributed by atoms with E-state index in [1.54, 1.807) is 6.07 Å². The minimum atomic E-state index is -1.56. The van der Waals surface area contributed by atoms with E-state index >= 15 is 0 Å². The maximum Gasteiger partial charge on any atom is 0.336 e. The minimum Gasteiger partial charge on any atom is -0.495 e. The lowest BCUT2D eigenvalue weighted by Crippen LogP contribution is -2.40. The number of furan rings is 1. The van der Waals surface area contributed by atoms with Crippen molar-refractivity contribution in [1.29, 1.82) is 0 Å². The Morgan fingerprint density at radius 1 is 1.13 bits per heavy atom. The van der Waals surface area contributed by atoms with Crippen LogP contribution >= 0.6 is 0 Å². The molecule has 0 saturated carbocycles. The number of benzene rings is 1. The van der Waals surface area contributed by atoms with Gasteiger partial charge in [-0.2, -0.15) is 0 Å². The Balaban J connectivity index is 2.35. The van der Waals surface area contributed by atoms with Gasteiger partial charge in [0.15, 0.2) is 11.2 Å². The fourth-order valence-corrected chi connectivity index (χ4v) is 2.26. The highest BCUT2D eigenvalue weighted by atomic mass is 16.6. The van der Waals surface area contributed by atoms with Gasteiger partial charge in [0.2, 0.25) is 12.0 Å². The van der Waals surface area contributed by atoms with Crippen LogP contribution in [0.5, 0.6) is 11.5 Å². The second-order valence-electron chi connectivity index (χ2n) is 5.65. The molecule has 2 N–H and O–H groups in total. The van der Waals surface area contributed by atoms with Gasteiger partial charge in [0.25, 0.3) is 0 Å². The van der Waals surface area contributed by atoms with Gasteiger partial charge < -0.3 is 28.5 Å². The molecule has 0 spiro atoms. The third-order valence-electron chi connectivity index (χ3n) is 3.44. The summed E-state index contributed by atoms with van der Waals surface area (Å²) in [6.07, 6.45) is -0.133. The number of methoxy groups -OCH3 is 1. The molecule has 7 nitrogen and oxygen atoms in total. The second-order valence-corrected chi connectivity index (χ2v) is 5.65. The molecule has 0 aliphatic heterocycles. The van der Waals surface area contributed by atoms with Crippen molar-refractivity contribution in [2.45, 2.75) is 25.7 Å². The Labute approximate surface area is 130 Å². The summed E-state index contributed by atoms with van der Waals surface area (Å²) in [5.74, 6) is 0.478. The van der Waals surface area contributed by atoms with E-state index in [0.29, 0.717) is 16.5 Å². The van der Waals surface area contributed by atoms with Crippen molar-refractivity contribution < 1.29 is 28.5 Å². The van der Waals surface area contributed by atoms with Crippen LogP contribution in [0.15, 0.2) is 38.1 Å². The van der Waals surface area contributed by atoms with E-state index in [4.69, 9.17) is 18.3 Å². The summed E-state index contributed by atoms with van der Waals surface area (Å²) in [6.45, 7) is 2.78. The molecular weight excluding hydrogens is 304 g/mol. The maximum atomic E-state index is 11.6. The topological polar surface area (TPSA) is 102 Å². The molecule has 7 heteroatoms. The molecule has 122 valence electrons. The molecule has 1 atom stereocenters. The van der Waals surface area contributed by atoms with Crippen LogP contribution < -0.4 is 15.1 Å². The Morgan fingerprint density at radius 2 is 1.83 bits per heavy atom. The van der Waals surface area contributed by atoms with Gasteiger partial charge in [-0.1, -0.05) is 0 Å². The van der Waals surface area contributed by atoms with Crippen molar-refractivity contribution in [3.05, 3.63) is 34.9 Å². The standard InChI is InChI=1S/C16H16O7/c1-16(2,19)15(18)23-14-12-9(6-7-21-12)11(20-3)8-4-5-10(17)22-13(8)14/h4-7,15,18-19H,1-3H3/t15-/m0/s1. The van der Waals surface area contributed by atoms with Gasteiger partial charge >= 0.3 is 5.63 Å². The first-order valence-corrected chi connectivity index (χ1v) is 6.91. The summed E-state index contributed by atoms with van der Waals surface area (Å²) in [7, 11) is 1.48. The molecule has 0 unspecified atom stereocenters. The third kappa shape index (κ3) is 2.54. The smallest absolute Gasteiger partial charge is 0.336 e. The van der Waals surface area contributed by atoms with Gasteiger partial charge in [-0.25, -0.2) is 4.79 Å². The van der Waals surface area contributed by atoms with Crippen molar-refractivity contribution in [3.8, 4) is 11.5 Å². The Kier molecular flexibility index (Phi) is 3.54. The zero-order valence-corrected chi connectivity index (χ0v) is 12.8. The summed E-state index contributed by atoms with van der Waals surface area (Å²) in [5, 5.41) is 21.0. The van der Waals surface area contributed by atoms with Crippen LogP contribution in [0.3, 0.4) is 0 Å². The number of fused-ring (bicyclic) bond motifs is 2. The summed E-state index contributed by atoms with van der Waals surface area (Å²) >= 11 is 0. The Bertz CT molecular complexity index is 914. The predicted molar refractivity (Wildman–Crippen MR) is 81.7 cm³/mol. The van der Waals surface area contributed by atoms with E-state index in [2.05, 4.69) is 0 Å². The normalized spacial score (nSPS) is 13.4. The predicted octanol–water partition coefficient (Wildman–Crippen LogP) is 2.02. The fourth-order valence-electron chi connectivity index (χ4n) is 2.26. The maximum absolute atomic E-state index is 11.6. The quantitative estimate of drug-likeness (QED) is 0.560. The SMILES string of the molecule is COc1c2ccoc2c(O[C@H](O)C(C)(C)O)c2oc(=O)ccc12. The molecule has 0 aliphatic rings. The van der Waals surface area contributed by atoms with Crippen LogP contribution in [0.4, 0.5) is 0 Å². The first kappa shape index (κ1) is 15.4. The van der Waals surface area contributed by atoms with E-state index in [1.807, 2.05) is 0 Å². The van der Waals surface area contributed by atoms with Gasteiger partial charge in [-0.05, 0) is 26.0 Å². The van der Waals surface area contributed by atoms with Gasteiger partial charge in [-0.3, -0.25) is 0 Å². The Hall–Kier alpha value is -2.51. The first-order valence-electron chi connectivity index (χ1n) is 6.91. The van der Waals surface area contributed by atoms with Crippen LogP contribution in [0.2, 0.25) is 0 Å². The van der Waals surface area contributed by atoms with Crippen LogP contribution in [0.25, 0.3) is 21.9 Å². The third-order valence-corrected chi connectivity index (χ3v) is 3.44. The number of ether oxygens (including phenoxy) is 2. The van der Waals surface area contributed by atoms with Crippen molar-refractivity contribution in [1.82, 2.24) is 0 Å². The van der Waals surface area contributed by atoms with Crippen LogP contribution in [-0.2, 0) is 0 Å². The van der Waals surface area contributed by atoms with Crippen LogP contribution in [-0.4, -0.2) is 29.2 Å². The summed E-state index contributed by atoms with van der Waals surface area (Å²) in [4.78, 5) is 11.6. The second kappa shape index (κ2) is 5.29. The van der Waals surface area contributed by atoms with Gasteiger partial charge in [0.05, 0.1) is 24.1 Å². The lowest BCUT2D eigenvalue weighted by molar-refractivity contribution is -0.149. The Morgan fingerprint density at radius 3 is 2.48 bits per heavy atom. The van der Waals surface area contributed by atoms with E-state index in [-0.39, 0.29) is 16.9 Å². The van der Waals surface area contributed by atoms with E-state index in [1.165, 1.54) is 39.4 Å². The molecule has 0 aliphatic carbocycles. The number of hydrogen-bond acceptors (Lipinski definition) is 7. The molecule has 1 aromatic carbocycles. The van der Waals surface area contributed by atoms with E-state index in [9.17, 15) is 15.0 Å². The molecule has 2 heterocycles. The van der Waals surface area contributed by atoms with Crippen LogP contribution in [0.1, 0.15) is 13.8 Å². The van der Waals surface area contributed by atoms with Crippen LogP contribution in [0, 0.1) is 0 Å². The van der Waals surface area contributed by atoms with Crippen molar-refractivity contribution >= 4 is 21.9 Å². The molecule has 3 rings (SSSR count). The monoisotopic (exact) mass is 320 g/mol. The van der Waals surface area contributed by atoms with E-state index in [0.717, 1.165) is 0 Å². The molecule has 23 heavy (non-hydrogen) atoms. The van der Waals surface area contributed by atoms with Crippen molar-refractivity contribution in [2.75, 3.05) is 7.11 Å². The number of aliphatic hydroxyl groups is 2. The van der Waals surface area contributed by atoms with Gasteiger partial charge in [0, 0.05) is 6.07 Å². The molecule has 0 fully saturated rings. The average Bonchev–Trinajstić information content (AvgIpc) is 2.95. The zero-order chi connectivity index (χ0) is 16.8. The number of rotatable bonds is 4. The molecule has 0 bridgehead atoms. The lowest BCUT2D eigenvalue weighted by Gasteiger charge is -2.25. The molecule has 0 saturated heterocycles. The van der Waals surface area contributed by atoms with Gasteiger partial charge in [-0.15, -0.1) is 0 Å². The van der Waals surface area contributed by atoms with E-state index < -0.39 is 17.5 Å². The summed E-state index contributed by atoms with van der Waals surface area (Å²) in [6, 6.07) is 4.46. The average molecular weight is 320 g/mol. The largest absolute Gasteiger partial charge is 0.495 e. The number of hydrogen-bond donors (Lipinski definition) is 2. The highest BCUT2D eigenvalue weighted by Crippen LogP contribution is 2.43. The number of aliphatic hydroxyl groups excluding tert-OH is 1. The van der Waals surface area contributed by atoms with Crippen molar-refractivity contribution in [2.24, 2.45) is 0 Å². The molecule has 3 aromatic rings. The molecular formula is C16H16O7. The van der Waals surface area contributed by atoms with Crippen molar-refractivity contribution in [3.63, 3.8) is 0 Å². The summed E-state index contributed by atoms with van der Waals surface area (Å²) in [5.41, 5.74) is -1.81. The molecule has 2 aromatic heterocycles. The molecule has 0 amide bonds. The zero-order valence-electron chi connectivity index (χ0n) is 12.8. The lowest BCUT2D eigenvalue weighted by atomic mass is 10.1. The highest BCUT2D eigenvalue weighted by molar-refractivity contribution is 6.06. The minimum absolute atomic E-state index is 0.0214. The fraction of sp³-hybridized carbons (Fsp3) is 0.312. The summed E-state index contributed by atoms with van der Waals surface area (Å²) < 4.78 is 21.4. The first-order chi connectivity index (χ1) is 10.8. The molecule has 0 radical (unpaired) electrons. The van der Waals surface area contributed by atoms with Gasteiger partial charge in [0.1, 0.15) is 11.4 Å².